The molecule has 0 aromatic carbocycles. The Morgan fingerprint density at radius 1 is 1.00 bits per heavy atom. The molecule has 1 fully saturated rings. The normalized spacial score (nSPS) is 19.7. The minimum Gasteiger partial charge on any atom is -0.351 e. The summed E-state index contributed by atoms with van der Waals surface area (Å²) >= 11 is 0. The second-order valence-electron chi connectivity index (χ2n) is 7.90. The maximum Gasteiger partial charge on any atom is 0.221 e. The first-order valence-electron chi connectivity index (χ1n) is 7.86. The van der Waals surface area contributed by atoms with Crippen LogP contribution in [0.15, 0.2) is 0 Å². The van der Waals surface area contributed by atoms with E-state index in [1.54, 1.807) is 0 Å². The summed E-state index contributed by atoms with van der Waals surface area (Å²) in [5, 5.41) is 3.03. The predicted octanol–water partition coefficient (Wildman–Crippen LogP) is 2.10. The Morgan fingerprint density at radius 3 is 2.20 bits per heavy atom. The molecule has 4 heteroatoms. The Balaban J connectivity index is 2.34. The molecule has 1 aliphatic rings. The van der Waals surface area contributed by atoms with Crippen molar-refractivity contribution in [3.05, 3.63) is 0 Å². The molecule has 4 nitrogen and oxygen atoms in total. The van der Waals surface area contributed by atoms with E-state index in [-0.39, 0.29) is 17.0 Å². The van der Waals surface area contributed by atoms with Crippen LogP contribution in [0.4, 0.5) is 0 Å². The van der Waals surface area contributed by atoms with Crippen molar-refractivity contribution in [1.82, 2.24) is 15.1 Å². The smallest absolute Gasteiger partial charge is 0.221 e. The molecule has 1 aliphatic heterocycles. The monoisotopic (exact) mass is 283 g/mol. The molecule has 0 aliphatic carbocycles. The zero-order valence-electron chi connectivity index (χ0n) is 14.3. The Hall–Kier alpha value is -0.610. The molecule has 0 spiro atoms. The van der Waals surface area contributed by atoms with Gasteiger partial charge in [0, 0.05) is 37.1 Å². The molecule has 0 bridgehead atoms. The van der Waals surface area contributed by atoms with Crippen molar-refractivity contribution in [2.24, 2.45) is 0 Å². The lowest BCUT2D eigenvalue weighted by Crippen LogP contribution is -2.44. The fourth-order valence-corrected chi connectivity index (χ4v) is 2.61. The van der Waals surface area contributed by atoms with Crippen LogP contribution in [0.3, 0.4) is 0 Å². The van der Waals surface area contributed by atoms with Crippen LogP contribution in [0, 0.1) is 0 Å². The van der Waals surface area contributed by atoms with Crippen LogP contribution in [-0.4, -0.2) is 59.5 Å². The first-order chi connectivity index (χ1) is 9.08. The van der Waals surface area contributed by atoms with Gasteiger partial charge in [-0.05, 0) is 61.1 Å². The highest BCUT2D eigenvalue weighted by Gasteiger charge is 2.24. The van der Waals surface area contributed by atoms with Crippen molar-refractivity contribution in [3.8, 4) is 0 Å². The SMILES string of the molecule is CC(C)(C)NC(=O)CCN1CCCN(C(C)(C)C)CC1. The first kappa shape index (κ1) is 17.4. The number of nitrogens with one attached hydrogen (secondary N) is 1. The van der Waals surface area contributed by atoms with E-state index in [0.29, 0.717) is 6.42 Å². The van der Waals surface area contributed by atoms with Crippen LogP contribution in [0.25, 0.3) is 0 Å². The largest absolute Gasteiger partial charge is 0.351 e. The third-order valence-corrected chi connectivity index (χ3v) is 3.71. The molecule has 1 saturated heterocycles. The molecule has 0 unspecified atom stereocenters. The van der Waals surface area contributed by atoms with Crippen LogP contribution in [0.1, 0.15) is 54.4 Å². The summed E-state index contributed by atoms with van der Waals surface area (Å²) in [5.74, 6) is 0.162. The number of nitrogens with zero attached hydrogens (tertiary/aromatic N) is 2. The van der Waals surface area contributed by atoms with E-state index in [1.165, 1.54) is 6.42 Å². The third kappa shape index (κ3) is 6.71. The molecule has 0 atom stereocenters. The lowest BCUT2D eigenvalue weighted by Gasteiger charge is -2.34. The fraction of sp³-hybridized carbons (Fsp3) is 0.938. The predicted molar refractivity (Wildman–Crippen MR) is 84.9 cm³/mol. The Morgan fingerprint density at radius 2 is 1.65 bits per heavy atom. The van der Waals surface area contributed by atoms with Crippen molar-refractivity contribution >= 4 is 5.91 Å². The summed E-state index contributed by atoms with van der Waals surface area (Å²) < 4.78 is 0. The van der Waals surface area contributed by atoms with Gasteiger partial charge in [0.05, 0.1) is 0 Å². The summed E-state index contributed by atoms with van der Waals surface area (Å²) in [6.07, 6.45) is 1.80. The Labute approximate surface area is 124 Å². The number of rotatable bonds is 3. The molecule has 1 rings (SSSR count). The van der Waals surface area contributed by atoms with Crippen molar-refractivity contribution in [1.29, 1.82) is 0 Å². The molecular formula is C16H33N3O. The van der Waals surface area contributed by atoms with E-state index in [2.05, 4.69) is 35.9 Å². The minimum atomic E-state index is -0.126. The van der Waals surface area contributed by atoms with E-state index < -0.39 is 0 Å². The first-order valence-corrected chi connectivity index (χ1v) is 7.86. The van der Waals surface area contributed by atoms with Gasteiger partial charge in [-0.1, -0.05) is 0 Å². The molecule has 1 N–H and O–H groups in total. The Kier molecular flexibility index (Phi) is 6.02. The molecule has 0 radical (unpaired) electrons. The summed E-state index contributed by atoms with van der Waals surface area (Å²) in [4.78, 5) is 16.8. The van der Waals surface area contributed by atoms with Crippen LogP contribution in [0.5, 0.6) is 0 Å². The lowest BCUT2D eigenvalue weighted by molar-refractivity contribution is -0.122. The van der Waals surface area contributed by atoms with Gasteiger partial charge in [-0.15, -0.1) is 0 Å². The lowest BCUT2D eigenvalue weighted by atomic mass is 10.1. The molecule has 1 amide bonds. The minimum absolute atomic E-state index is 0.126. The van der Waals surface area contributed by atoms with Gasteiger partial charge in [0.1, 0.15) is 0 Å². The van der Waals surface area contributed by atoms with Gasteiger partial charge in [0.15, 0.2) is 0 Å². The number of carbonyl (C=O) groups excluding carboxylic acids is 1. The molecular weight excluding hydrogens is 250 g/mol. The summed E-state index contributed by atoms with van der Waals surface area (Å²) in [7, 11) is 0. The van der Waals surface area contributed by atoms with E-state index in [1.807, 2.05) is 20.8 Å². The second kappa shape index (κ2) is 6.90. The maximum atomic E-state index is 11.9. The van der Waals surface area contributed by atoms with E-state index in [0.717, 1.165) is 32.7 Å². The summed E-state index contributed by atoms with van der Waals surface area (Å²) in [5.41, 5.74) is 0.124. The van der Waals surface area contributed by atoms with Crippen LogP contribution < -0.4 is 5.32 Å². The third-order valence-electron chi connectivity index (χ3n) is 3.71. The number of amides is 1. The van der Waals surface area contributed by atoms with Crippen molar-refractivity contribution in [3.63, 3.8) is 0 Å². The second-order valence-corrected chi connectivity index (χ2v) is 7.90. The van der Waals surface area contributed by atoms with Crippen LogP contribution in [0.2, 0.25) is 0 Å². The Bertz CT molecular complexity index is 315. The van der Waals surface area contributed by atoms with Crippen LogP contribution >= 0.6 is 0 Å². The number of hydrogen-bond donors (Lipinski definition) is 1. The maximum absolute atomic E-state index is 11.9. The standard InChI is InChI=1S/C16H33N3O/c1-15(2,3)17-14(20)8-11-18-9-7-10-19(13-12-18)16(4,5)6/h7-13H2,1-6H3,(H,17,20). The molecule has 118 valence electrons. The fourth-order valence-electron chi connectivity index (χ4n) is 2.61. The topological polar surface area (TPSA) is 35.6 Å². The van der Waals surface area contributed by atoms with Crippen LogP contribution in [-0.2, 0) is 4.79 Å². The van der Waals surface area contributed by atoms with Crippen molar-refractivity contribution in [2.75, 3.05) is 32.7 Å². The highest BCUT2D eigenvalue weighted by Crippen LogP contribution is 2.16. The van der Waals surface area contributed by atoms with Gasteiger partial charge in [0.25, 0.3) is 0 Å². The van der Waals surface area contributed by atoms with Gasteiger partial charge >= 0.3 is 0 Å². The number of hydrogen-bond acceptors (Lipinski definition) is 3. The average molecular weight is 283 g/mol. The average Bonchev–Trinajstić information content (AvgIpc) is 2.48. The quantitative estimate of drug-likeness (QED) is 0.861. The van der Waals surface area contributed by atoms with E-state index >= 15 is 0 Å². The highest BCUT2D eigenvalue weighted by molar-refractivity contribution is 5.76. The molecule has 0 aromatic rings. The zero-order chi connectivity index (χ0) is 15.4. The highest BCUT2D eigenvalue weighted by atomic mass is 16.1. The van der Waals surface area contributed by atoms with Gasteiger partial charge in [-0.2, -0.15) is 0 Å². The van der Waals surface area contributed by atoms with E-state index in [4.69, 9.17) is 0 Å². The van der Waals surface area contributed by atoms with Gasteiger partial charge in [0.2, 0.25) is 5.91 Å². The summed E-state index contributed by atoms with van der Waals surface area (Å²) in [6, 6.07) is 0. The molecule has 20 heavy (non-hydrogen) atoms. The van der Waals surface area contributed by atoms with E-state index in [9.17, 15) is 4.79 Å². The molecule has 1 heterocycles. The summed E-state index contributed by atoms with van der Waals surface area (Å²) in [6.45, 7) is 18.2. The zero-order valence-corrected chi connectivity index (χ0v) is 14.3. The van der Waals surface area contributed by atoms with Gasteiger partial charge in [-0.3, -0.25) is 9.69 Å². The van der Waals surface area contributed by atoms with Gasteiger partial charge in [-0.25, -0.2) is 0 Å². The molecule has 0 aromatic heterocycles. The van der Waals surface area contributed by atoms with Crippen molar-refractivity contribution in [2.45, 2.75) is 65.5 Å². The van der Waals surface area contributed by atoms with Gasteiger partial charge < -0.3 is 10.2 Å². The number of carbonyl (C=O) groups is 1. The molecule has 0 saturated carbocycles. The van der Waals surface area contributed by atoms with Crippen molar-refractivity contribution < 1.29 is 4.79 Å².